The molecule has 0 aromatic carbocycles. The molecule has 0 aliphatic carbocycles. The number of aliphatic hydroxyl groups is 1. The quantitative estimate of drug-likeness (QED) is 0.842. The van der Waals surface area contributed by atoms with E-state index < -0.39 is 5.60 Å². The van der Waals surface area contributed by atoms with Gasteiger partial charge in [-0.25, -0.2) is 9.97 Å². The van der Waals surface area contributed by atoms with E-state index in [1.54, 1.807) is 11.3 Å². The Morgan fingerprint density at radius 3 is 2.79 bits per heavy atom. The number of nitrogens with zero attached hydrogens (tertiary/aromatic N) is 3. The Hall–Kier alpha value is -1.50. The number of rotatable bonds is 6. The molecule has 5 nitrogen and oxygen atoms in total. The highest BCUT2D eigenvalue weighted by Crippen LogP contribution is 2.24. The highest BCUT2D eigenvalue weighted by molar-refractivity contribution is 7.10. The zero-order valence-corrected chi connectivity index (χ0v) is 15.3. The predicted molar refractivity (Wildman–Crippen MR) is 98.4 cm³/mol. The third kappa shape index (κ3) is 4.32. The number of hydrogen-bond donors (Lipinski definition) is 2. The van der Waals surface area contributed by atoms with Crippen molar-refractivity contribution in [1.82, 2.24) is 15.3 Å². The van der Waals surface area contributed by atoms with Crippen LogP contribution in [-0.2, 0) is 12.1 Å². The van der Waals surface area contributed by atoms with Crippen LogP contribution >= 0.6 is 11.3 Å². The summed E-state index contributed by atoms with van der Waals surface area (Å²) in [5, 5.41) is 15.9. The van der Waals surface area contributed by atoms with Crippen molar-refractivity contribution in [2.45, 2.75) is 45.3 Å². The monoisotopic (exact) mass is 346 g/mol. The molecule has 3 heterocycles. The number of aryl methyl sites for hydroxylation is 1. The van der Waals surface area contributed by atoms with Crippen molar-refractivity contribution in [3.63, 3.8) is 0 Å². The van der Waals surface area contributed by atoms with Gasteiger partial charge in [0.05, 0.1) is 5.69 Å². The molecule has 24 heavy (non-hydrogen) atoms. The number of nitrogens with one attached hydrogen (secondary N) is 1. The normalized spacial score (nSPS) is 17.7. The summed E-state index contributed by atoms with van der Waals surface area (Å²) in [6, 6.07) is 5.95. The standard InChI is InChI=1S/C18H26N4OS/c1-14-11-15(21-17(20-14)22-8-4-3-5-9-22)12-19-13-18(2,23)16-7-6-10-24-16/h6-7,10-11,19,23H,3-5,8-9,12-13H2,1-2H3. The van der Waals surface area contributed by atoms with Gasteiger partial charge in [0, 0.05) is 36.8 Å². The maximum Gasteiger partial charge on any atom is 0.225 e. The number of piperidine rings is 1. The molecule has 2 aromatic heterocycles. The largest absolute Gasteiger partial charge is 0.383 e. The van der Waals surface area contributed by atoms with Crippen molar-refractivity contribution in [3.05, 3.63) is 39.8 Å². The zero-order chi connectivity index (χ0) is 17.0. The van der Waals surface area contributed by atoms with Crippen molar-refractivity contribution in [2.75, 3.05) is 24.5 Å². The fourth-order valence-corrected chi connectivity index (χ4v) is 3.84. The van der Waals surface area contributed by atoms with E-state index in [1.165, 1.54) is 19.3 Å². The molecule has 1 aliphatic rings. The molecule has 2 N–H and O–H groups in total. The minimum atomic E-state index is -0.855. The molecule has 1 saturated heterocycles. The first-order valence-electron chi connectivity index (χ1n) is 8.61. The Labute approximate surface area is 147 Å². The van der Waals surface area contributed by atoms with E-state index >= 15 is 0 Å². The summed E-state index contributed by atoms with van der Waals surface area (Å²) in [5.74, 6) is 0.844. The van der Waals surface area contributed by atoms with Gasteiger partial charge in [-0.3, -0.25) is 0 Å². The molecule has 1 aliphatic heterocycles. The Kier molecular flexibility index (Phi) is 5.48. The molecule has 1 fully saturated rings. The van der Waals surface area contributed by atoms with Gasteiger partial charge in [0.2, 0.25) is 5.95 Å². The molecule has 0 bridgehead atoms. The van der Waals surface area contributed by atoms with Gasteiger partial charge in [-0.05, 0) is 50.6 Å². The maximum absolute atomic E-state index is 10.6. The molecule has 130 valence electrons. The lowest BCUT2D eigenvalue weighted by Gasteiger charge is -2.27. The van der Waals surface area contributed by atoms with Crippen LogP contribution in [0.2, 0.25) is 0 Å². The van der Waals surface area contributed by atoms with E-state index in [2.05, 4.69) is 15.2 Å². The third-order valence-corrected chi connectivity index (χ3v) is 5.48. The third-order valence-electron chi connectivity index (χ3n) is 4.36. The van der Waals surface area contributed by atoms with Crippen LogP contribution in [0.15, 0.2) is 23.6 Å². The average Bonchev–Trinajstić information content (AvgIpc) is 3.10. The maximum atomic E-state index is 10.6. The lowest BCUT2D eigenvalue weighted by Crippen LogP contribution is -2.35. The van der Waals surface area contributed by atoms with Gasteiger partial charge >= 0.3 is 0 Å². The molecule has 0 saturated carbocycles. The molecule has 2 aromatic rings. The first-order chi connectivity index (χ1) is 11.5. The Morgan fingerprint density at radius 2 is 2.08 bits per heavy atom. The number of thiophene rings is 1. The van der Waals surface area contributed by atoms with Crippen molar-refractivity contribution in [1.29, 1.82) is 0 Å². The smallest absolute Gasteiger partial charge is 0.225 e. The van der Waals surface area contributed by atoms with Gasteiger partial charge in [0.15, 0.2) is 0 Å². The van der Waals surface area contributed by atoms with Crippen molar-refractivity contribution >= 4 is 17.3 Å². The Bertz CT molecular complexity index is 651. The lowest BCUT2D eigenvalue weighted by molar-refractivity contribution is 0.0603. The Balaban J connectivity index is 1.61. The highest BCUT2D eigenvalue weighted by Gasteiger charge is 2.23. The molecular weight excluding hydrogens is 320 g/mol. The molecule has 1 unspecified atom stereocenters. The van der Waals surface area contributed by atoms with E-state index in [0.717, 1.165) is 35.3 Å². The van der Waals surface area contributed by atoms with Gasteiger partial charge in [0.1, 0.15) is 5.60 Å². The summed E-state index contributed by atoms with van der Waals surface area (Å²) >= 11 is 1.58. The fourth-order valence-electron chi connectivity index (χ4n) is 3.05. The predicted octanol–water partition coefficient (Wildman–Crippen LogP) is 2.83. The minimum Gasteiger partial charge on any atom is -0.383 e. The van der Waals surface area contributed by atoms with E-state index in [-0.39, 0.29) is 0 Å². The summed E-state index contributed by atoms with van der Waals surface area (Å²) in [4.78, 5) is 12.6. The number of aromatic nitrogens is 2. The van der Waals surface area contributed by atoms with E-state index in [0.29, 0.717) is 13.1 Å². The fraction of sp³-hybridized carbons (Fsp3) is 0.556. The van der Waals surface area contributed by atoms with Gasteiger partial charge in [-0.15, -0.1) is 11.3 Å². The number of hydrogen-bond acceptors (Lipinski definition) is 6. The van der Waals surface area contributed by atoms with Crippen molar-refractivity contribution in [2.24, 2.45) is 0 Å². The van der Waals surface area contributed by atoms with E-state index in [9.17, 15) is 5.11 Å². The second-order valence-corrected chi connectivity index (χ2v) is 7.65. The highest BCUT2D eigenvalue weighted by atomic mass is 32.1. The number of anilines is 1. The summed E-state index contributed by atoms with van der Waals surface area (Å²) in [6.07, 6.45) is 3.73. The average molecular weight is 347 g/mol. The topological polar surface area (TPSA) is 61.3 Å². The summed E-state index contributed by atoms with van der Waals surface area (Å²) in [5.41, 5.74) is 1.11. The van der Waals surface area contributed by atoms with Gasteiger partial charge in [0.25, 0.3) is 0 Å². The summed E-state index contributed by atoms with van der Waals surface area (Å²) in [6.45, 7) is 7.07. The van der Waals surface area contributed by atoms with Gasteiger partial charge in [-0.2, -0.15) is 0 Å². The molecule has 0 radical (unpaired) electrons. The lowest BCUT2D eigenvalue weighted by atomic mass is 10.1. The SMILES string of the molecule is Cc1cc(CNCC(C)(O)c2cccs2)nc(N2CCCCC2)n1. The van der Waals surface area contributed by atoms with Crippen LogP contribution in [0.25, 0.3) is 0 Å². The second kappa shape index (κ2) is 7.59. The van der Waals surface area contributed by atoms with Crippen LogP contribution < -0.4 is 10.2 Å². The molecule has 0 spiro atoms. The van der Waals surface area contributed by atoms with Crippen molar-refractivity contribution in [3.8, 4) is 0 Å². The van der Waals surface area contributed by atoms with Crippen LogP contribution in [0.3, 0.4) is 0 Å². The minimum absolute atomic E-state index is 0.496. The van der Waals surface area contributed by atoms with Crippen LogP contribution in [0.5, 0.6) is 0 Å². The molecule has 1 atom stereocenters. The Morgan fingerprint density at radius 1 is 1.29 bits per heavy atom. The van der Waals surface area contributed by atoms with Crippen LogP contribution in [-0.4, -0.2) is 34.7 Å². The van der Waals surface area contributed by atoms with Crippen LogP contribution in [0, 0.1) is 6.92 Å². The van der Waals surface area contributed by atoms with Crippen LogP contribution in [0.1, 0.15) is 42.5 Å². The van der Waals surface area contributed by atoms with Crippen molar-refractivity contribution < 1.29 is 5.11 Å². The first kappa shape index (κ1) is 17.3. The van der Waals surface area contributed by atoms with Gasteiger partial charge < -0.3 is 15.3 Å². The van der Waals surface area contributed by atoms with Crippen LogP contribution in [0.4, 0.5) is 5.95 Å². The van der Waals surface area contributed by atoms with Gasteiger partial charge in [-0.1, -0.05) is 6.07 Å². The molecule has 0 amide bonds. The molecule has 3 rings (SSSR count). The molecular formula is C18H26N4OS. The second-order valence-electron chi connectivity index (χ2n) is 6.70. The van der Waals surface area contributed by atoms with E-state index in [4.69, 9.17) is 4.98 Å². The first-order valence-corrected chi connectivity index (χ1v) is 9.49. The molecule has 6 heteroatoms. The summed E-state index contributed by atoms with van der Waals surface area (Å²) < 4.78 is 0. The summed E-state index contributed by atoms with van der Waals surface area (Å²) in [7, 11) is 0. The van der Waals surface area contributed by atoms with E-state index in [1.807, 2.05) is 37.4 Å². The zero-order valence-electron chi connectivity index (χ0n) is 14.5.